The molecule has 98 valence electrons. The van der Waals surface area contributed by atoms with E-state index in [9.17, 15) is 4.91 Å². The lowest BCUT2D eigenvalue weighted by molar-refractivity contribution is 0.412. The number of halogens is 1. The van der Waals surface area contributed by atoms with Gasteiger partial charge in [-0.15, -0.1) is 4.91 Å². The zero-order valence-corrected chi connectivity index (χ0v) is 11.3. The minimum absolute atomic E-state index is 0.282. The normalized spacial score (nSPS) is 10.1. The van der Waals surface area contributed by atoms with Crippen molar-refractivity contribution in [2.45, 2.75) is 6.92 Å². The van der Waals surface area contributed by atoms with Gasteiger partial charge in [0.1, 0.15) is 22.9 Å². The van der Waals surface area contributed by atoms with Gasteiger partial charge in [-0.05, 0) is 54.1 Å². The third kappa shape index (κ3) is 3.03. The Morgan fingerprint density at radius 2 is 1.74 bits per heavy atom. The fourth-order valence-corrected chi connectivity index (χ4v) is 1.96. The van der Waals surface area contributed by atoms with Crippen LogP contribution < -0.4 is 9.47 Å². The van der Waals surface area contributed by atoms with Crippen LogP contribution in [0.15, 0.2) is 41.6 Å². The molecule has 0 amide bonds. The summed E-state index contributed by atoms with van der Waals surface area (Å²) in [7, 11) is 1.60. The summed E-state index contributed by atoms with van der Waals surface area (Å²) in [4.78, 5) is 10.5. The van der Waals surface area contributed by atoms with Crippen molar-refractivity contribution in [3.05, 3.63) is 51.9 Å². The lowest BCUT2D eigenvalue weighted by Crippen LogP contribution is -1.89. The summed E-state index contributed by atoms with van der Waals surface area (Å²) in [5, 5.41) is 3.21. The summed E-state index contributed by atoms with van der Waals surface area (Å²) in [5.41, 5.74) is 1.03. The van der Waals surface area contributed by atoms with E-state index in [1.54, 1.807) is 44.4 Å². The molecule has 0 aromatic heterocycles. The molecule has 0 spiro atoms. The van der Waals surface area contributed by atoms with E-state index in [2.05, 4.69) is 5.18 Å². The quantitative estimate of drug-likeness (QED) is 0.751. The van der Waals surface area contributed by atoms with Gasteiger partial charge in [-0.1, -0.05) is 11.6 Å². The van der Waals surface area contributed by atoms with Crippen molar-refractivity contribution in [3.63, 3.8) is 0 Å². The number of aryl methyl sites for hydroxylation is 1. The average molecular weight is 278 g/mol. The first-order valence-corrected chi connectivity index (χ1v) is 5.97. The first-order chi connectivity index (χ1) is 9.13. The van der Waals surface area contributed by atoms with Crippen molar-refractivity contribution in [1.82, 2.24) is 0 Å². The lowest BCUT2D eigenvalue weighted by Gasteiger charge is -2.11. The number of rotatable bonds is 4. The van der Waals surface area contributed by atoms with Crippen LogP contribution in [-0.4, -0.2) is 7.11 Å². The molecular formula is C14H12ClNO3. The molecule has 0 radical (unpaired) electrons. The van der Waals surface area contributed by atoms with Crippen molar-refractivity contribution < 1.29 is 9.47 Å². The summed E-state index contributed by atoms with van der Waals surface area (Å²) in [5.74, 6) is 1.90. The highest BCUT2D eigenvalue weighted by atomic mass is 35.5. The van der Waals surface area contributed by atoms with E-state index in [1.165, 1.54) is 6.07 Å². The van der Waals surface area contributed by atoms with E-state index in [0.717, 1.165) is 11.3 Å². The minimum Gasteiger partial charge on any atom is -0.497 e. The van der Waals surface area contributed by atoms with Crippen molar-refractivity contribution >= 4 is 17.3 Å². The third-order valence-electron chi connectivity index (χ3n) is 2.60. The molecule has 0 saturated heterocycles. The Kier molecular flexibility index (Phi) is 4.02. The maximum atomic E-state index is 10.5. The van der Waals surface area contributed by atoms with E-state index in [1.807, 2.05) is 0 Å². The average Bonchev–Trinajstić information content (AvgIpc) is 2.43. The van der Waals surface area contributed by atoms with Gasteiger partial charge in [0, 0.05) is 0 Å². The van der Waals surface area contributed by atoms with Gasteiger partial charge in [0.15, 0.2) is 0 Å². The van der Waals surface area contributed by atoms with Crippen LogP contribution >= 0.6 is 11.6 Å². The van der Waals surface area contributed by atoms with Gasteiger partial charge in [0.05, 0.1) is 12.1 Å². The van der Waals surface area contributed by atoms with E-state index < -0.39 is 0 Å². The molecule has 0 aliphatic rings. The molecule has 0 unspecified atom stereocenters. The van der Waals surface area contributed by atoms with Crippen molar-refractivity contribution in [3.8, 4) is 17.2 Å². The van der Waals surface area contributed by atoms with Crippen LogP contribution in [0.4, 0.5) is 5.69 Å². The molecule has 2 aromatic rings. The fourth-order valence-electron chi connectivity index (χ4n) is 1.66. The Balaban J connectivity index is 2.29. The Hall–Kier alpha value is -2.07. The molecule has 0 heterocycles. The van der Waals surface area contributed by atoms with Crippen molar-refractivity contribution in [2.75, 3.05) is 7.11 Å². The van der Waals surface area contributed by atoms with Gasteiger partial charge in [0.2, 0.25) is 0 Å². The van der Waals surface area contributed by atoms with Crippen LogP contribution in [0.2, 0.25) is 5.02 Å². The van der Waals surface area contributed by atoms with Crippen molar-refractivity contribution in [1.29, 1.82) is 0 Å². The second-order valence-corrected chi connectivity index (χ2v) is 4.35. The molecule has 0 saturated carbocycles. The molecule has 0 atom stereocenters. The van der Waals surface area contributed by atoms with Gasteiger partial charge < -0.3 is 9.47 Å². The fraction of sp³-hybridized carbons (Fsp3) is 0.143. The molecule has 0 aliphatic heterocycles. The standard InChI is InChI=1S/C14H12ClNO3/c1-9-7-10(16-17)8-13(15)14(9)19-12-5-3-11(18-2)4-6-12/h3-8H,1-2H3. The van der Waals surface area contributed by atoms with E-state index in [4.69, 9.17) is 21.1 Å². The summed E-state index contributed by atoms with van der Waals surface area (Å²) in [6, 6.07) is 10.2. The van der Waals surface area contributed by atoms with Gasteiger partial charge in [-0.3, -0.25) is 0 Å². The van der Waals surface area contributed by atoms with Gasteiger partial charge in [-0.2, -0.15) is 0 Å². The van der Waals surface area contributed by atoms with Crippen LogP contribution in [0.25, 0.3) is 0 Å². The van der Waals surface area contributed by atoms with E-state index >= 15 is 0 Å². The highest BCUT2D eigenvalue weighted by molar-refractivity contribution is 6.32. The van der Waals surface area contributed by atoms with Crippen LogP contribution in [0.1, 0.15) is 5.56 Å². The first kappa shape index (κ1) is 13.4. The summed E-state index contributed by atoms with van der Waals surface area (Å²) in [6.07, 6.45) is 0. The van der Waals surface area contributed by atoms with Crippen LogP contribution in [-0.2, 0) is 0 Å². The number of ether oxygens (including phenoxy) is 2. The lowest BCUT2D eigenvalue weighted by atomic mass is 10.2. The van der Waals surface area contributed by atoms with E-state index in [-0.39, 0.29) is 5.69 Å². The maximum Gasteiger partial charge on any atom is 0.149 e. The van der Waals surface area contributed by atoms with Crippen LogP contribution in [0.3, 0.4) is 0 Å². The molecule has 2 rings (SSSR count). The Morgan fingerprint density at radius 3 is 2.26 bits per heavy atom. The predicted molar refractivity (Wildman–Crippen MR) is 74.7 cm³/mol. The zero-order valence-electron chi connectivity index (χ0n) is 10.5. The van der Waals surface area contributed by atoms with Gasteiger partial charge >= 0.3 is 0 Å². The molecular weight excluding hydrogens is 266 g/mol. The molecule has 5 heteroatoms. The van der Waals surface area contributed by atoms with Crippen LogP contribution in [0, 0.1) is 11.8 Å². The first-order valence-electron chi connectivity index (χ1n) is 5.59. The third-order valence-corrected chi connectivity index (χ3v) is 2.88. The molecule has 19 heavy (non-hydrogen) atoms. The Bertz CT molecular complexity index is 573. The number of methoxy groups -OCH3 is 1. The van der Waals surface area contributed by atoms with E-state index in [0.29, 0.717) is 16.5 Å². The molecule has 4 nitrogen and oxygen atoms in total. The van der Waals surface area contributed by atoms with Crippen molar-refractivity contribution in [2.24, 2.45) is 5.18 Å². The Morgan fingerprint density at radius 1 is 1.11 bits per heavy atom. The van der Waals surface area contributed by atoms with Gasteiger partial charge in [0.25, 0.3) is 0 Å². The zero-order chi connectivity index (χ0) is 13.8. The van der Waals surface area contributed by atoms with Crippen LogP contribution in [0.5, 0.6) is 17.2 Å². The molecule has 0 N–H and O–H groups in total. The monoisotopic (exact) mass is 277 g/mol. The molecule has 0 bridgehead atoms. The number of hydrogen-bond donors (Lipinski definition) is 0. The smallest absolute Gasteiger partial charge is 0.149 e. The SMILES string of the molecule is COc1ccc(Oc2c(C)cc(N=O)cc2Cl)cc1. The second-order valence-electron chi connectivity index (χ2n) is 3.94. The summed E-state index contributed by atoms with van der Waals surface area (Å²) in [6.45, 7) is 1.80. The summed E-state index contributed by atoms with van der Waals surface area (Å²) < 4.78 is 10.8. The maximum absolute atomic E-state index is 10.5. The Labute approximate surface area is 115 Å². The predicted octanol–water partition coefficient (Wildman–Crippen LogP) is 4.85. The summed E-state index contributed by atoms with van der Waals surface area (Å²) >= 11 is 6.07. The number of nitrogens with zero attached hydrogens (tertiary/aromatic N) is 1. The topological polar surface area (TPSA) is 47.9 Å². The molecule has 0 fully saturated rings. The molecule has 2 aromatic carbocycles. The highest BCUT2D eigenvalue weighted by Gasteiger charge is 2.09. The highest BCUT2D eigenvalue weighted by Crippen LogP contribution is 2.36. The molecule has 0 aliphatic carbocycles. The largest absolute Gasteiger partial charge is 0.497 e. The minimum atomic E-state index is 0.282. The second kappa shape index (κ2) is 5.71. The van der Waals surface area contributed by atoms with Gasteiger partial charge in [-0.25, -0.2) is 0 Å². The number of hydrogen-bond acceptors (Lipinski definition) is 4. The number of benzene rings is 2. The number of nitroso groups, excluding NO2 is 1.